The Hall–Kier alpha value is -1.38. The van der Waals surface area contributed by atoms with Crippen LogP contribution in [0.25, 0.3) is 11.0 Å². The quantitative estimate of drug-likeness (QED) is 0.753. The molecule has 0 spiro atoms. The molecule has 92 valence electrons. The maximum Gasteiger partial charge on any atom is 0.115 e. The van der Waals surface area contributed by atoms with Gasteiger partial charge in [-0.2, -0.15) is 5.10 Å². The predicted molar refractivity (Wildman–Crippen MR) is 71.3 cm³/mol. The van der Waals surface area contributed by atoms with Gasteiger partial charge in [-0.25, -0.2) is 0 Å². The van der Waals surface area contributed by atoms with E-state index >= 15 is 0 Å². The van der Waals surface area contributed by atoms with E-state index in [9.17, 15) is 0 Å². The number of nitrogens with one attached hydrogen (secondary N) is 1. The molecular weight excluding hydrogens is 210 g/mol. The van der Waals surface area contributed by atoms with Crippen LogP contribution < -0.4 is 0 Å². The number of rotatable bonds is 0. The summed E-state index contributed by atoms with van der Waals surface area (Å²) >= 11 is 0. The van der Waals surface area contributed by atoms with Crippen LogP contribution in [0.5, 0.6) is 0 Å². The number of hydrogen-bond acceptors (Lipinski definition) is 2. The first-order valence-electron chi connectivity index (χ1n) is 6.05. The third-order valence-electron chi connectivity index (χ3n) is 2.97. The highest BCUT2D eigenvalue weighted by molar-refractivity contribution is 5.81. The van der Waals surface area contributed by atoms with Crippen LogP contribution in [0.3, 0.4) is 0 Å². The molecule has 0 atom stereocenters. The fraction of sp³-hybridized carbons (Fsp3) is 0.571. The molecule has 3 nitrogen and oxygen atoms in total. The van der Waals surface area contributed by atoms with Gasteiger partial charge in [0, 0.05) is 16.7 Å². The molecule has 0 radical (unpaired) electrons. The van der Waals surface area contributed by atoms with Crippen molar-refractivity contribution in [1.82, 2.24) is 15.2 Å². The Morgan fingerprint density at radius 3 is 2.18 bits per heavy atom. The molecule has 3 heteroatoms. The second-order valence-electron chi connectivity index (χ2n) is 6.67. The Kier molecular flexibility index (Phi) is 2.53. The molecule has 0 saturated carbocycles. The van der Waals surface area contributed by atoms with Gasteiger partial charge in [0.15, 0.2) is 0 Å². The summed E-state index contributed by atoms with van der Waals surface area (Å²) in [4.78, 5) is 3.51. The van der Waals surface area contributed by atoms with Crippen molar-refractivity contribution >= 4 is 11.0 Å². The third kappa shape index (κ3) is 2.06. The molecular formula is C14H21N3. The van der Waals surface area contributed by atoms with Gasteiger partial charge in [-0.3, -0.25) is 0 Å². The van der Waals surface area contributed by atoms with Crippen LogP contribution in [-0.4, -0.2) is 15.2 Å². The smallest absolute Gasteiger partial charge is 0.115 e. The van der Waals surface area contributed by atoms with E-state index in [1.807, 2.05) is 6.07 Å². The molecule has 2 aromatic heterocycles. The number of H-pyrrole nitrogens is 1. The monoisotopic (exact) mass is 231 g/mol. The van der Waals surface area contributed by atoms with Crippen LogP contribution in [0.1, 0.15) is 52.8 Å². The van der Waals surface area contributed by atoms with E-state index in [1.165, 1.54) is 11.3 Å². The Labute approximate surface area is 103 Å². The molecule has 0 saturated heterocycles. The van der Waals surface area contributed by atoms with Crippen molar-refractivity contribution in [2.45, 2.75) is 52.4 Å². The fourth-order valence-electron chi connectivity index (χ4n) is 2.23. The van der Waals surface area contributed by atoms with Gasteiger partial charge in [-0.15, -0.1) is 5.10 Å². The normalized spacial score (nSPS) is 13.3. The molecule has 0 aliphatic carbocycles. The minimum absolute atomic E-state index is 0.0664. The number of nitrogens with zero attached hydrogens (tertiary/aromatic N) is 2. The van der Waals surface area contributed by atoms with Crippen molar-refractivity contribution in [3.8, 4) is 0 Å². The average Bonchev–Trinajstić information content (AvgIpc) is 2.54. The van der Waals surface area contributed by atoms with E-state index in [1.54, 1.807) is 6.20 Å². The standard InChI is InChI=1S/C14H21N3/c1-13(2,3)10-11-9(7-8-15-17-11)16-12(10)14(4,5)6/h7-8,16H,1-6H3. The van der Waals surface area contributed by atoms with Crippen molar-refractivity contribution in [2.75, 3.05) is 0 Å². The average molecular weight is 231 g/mol. The van der Waals surface area contributed by atoms with Gasteiger partial charge in [-0.1, -0.05) is 41.5 Å². The van der Waals surface area contributed by atoms with E-state index in [0.29, 0.717) is 0 Å². The minimum atomic E-state index is 0.0664. The summed E-state index contributed by atoms with van der Waals surface area (Å²) in [5, 5.41) is 8.31. The highest BCUT2D eigenvalue weighted by Gasteiger charge is 2.30. The predicted octanol–water partition coefficient (Wildman–Crippen LogP) is 3.55. The molecule has 0 amide bonds. The van der Waals surface area contributed by atoms with Gasteiger partial charge in [0.05, 0.1) is 11.7 Å². The molecule has 2 aromatic rings. The summed E-state index contributed by atoms with van der Waals surface area (Å²) in [6, 6.07) is 1.99. The van der Waals surface area contributed by atoms with Crippen LogP contribution in [0.2, 0.25) is 0 Å². The largest absolute Gasteiger partial charge is 0.356 e. The summed E-state index contributed by atoms with van der Waals surface area (Å²) in [6.45, 7) is 13.3. The Bertz CT molecular complexity index is 539. The van der Waals surface area contributed by atoms with Crippen LogP contribution in [0.4, 0.5) is 0 Å². The number of fused-ring (bicyclic) bond motifs is 1. The van der Waals surface area contributed by atoms with Gasteiger partial charge in [-0.05, 0) is 11.5 Å². The summed E-state index contributed by atoms with van der Waals surface area (Å²) in [6.07, 6.45) is 1.73. The van der Waals surface area contributed by atoms with Gasteiger partial charge < -0.3 is 4.98 Å². The third-order valence-corrected chi connectivity index (χ3v) is 2.97. The maximum absolute atomic E-state index is 4.30. The summed E-state index contributed by atoms with van der Waals surface area (Å²) < 4.78 is 0. The van der Waals surface area contributed by atoms with Crippen molar-refractivity contribution in [1.29, 1.82) is 0 Å². The Balaban J connectivity index is 2.84. The number of hydrogen-bond donors (Lipinski definition) is 1. The van der Waals surface area contributed by atoms with E-state index in [4.69, 9.17) is 0 Å². The Morgan fingerprint density at radius 2 is 1.65 bits per heavy atom. The van der Waals surface area contributed by atoms with E-state index in [0.717, 1.165) is 11.0 Å². The first-order chi connectivity index (χ1) is 7.71. The molecule has 0 aliphatic rings. The van der Waals surface area contributed by atoms with Gasteiger partial charge in [0.2, 0.25) is 0 Å². The topological polar surface area (TPSA) is 41.6 Å². The minimum Gasteiger partial charge on any atom is -0.356 e. The molecule has 1 N–H and O–H groups in total. The lowest BCUT2D eigenvalue weighted by molar-refractivity contribution is 0.524. The maximum atomic E-state index is 4.30. The molecule has 17 heavy (non-hydrogen) atoms. The molecule has 0 bridgehead atoms. The lowest BCUT2D eigenvalue weighted by Gasteiger charge is -2.26. The molecule has 0 unspecified atom stereocenters. The second kappa shape index (κ2) is 3.56. The lowest BCUT2D eigenvalue weighted by Crippen LogP contribution is -2.21. The zero-order valence-electron chi connectivity index (χ0n) is 11.5. The number of aromatic nitrogens is 3. The van der Waals surface area contributed by atoms with Gasteiger partial charge >= 0.3 is 0 Å². The van der Waals surface area contributed by atoms with Gasteiger partial charge in [0.25, 0.3) is 0 Å². The highest BCUT2D eigenvalue weighted by Crippen LogP contribution is 2.37. The first kappa shape index (κ1) is 12.1. The number of aromatic amines is 1. The highest BCUT2D eigenvalue weighted by atomic mass is 15.1. The first-order valence-corrected chi connectivity index (χ1v) is 6.05. The van der Waals surface area contributed by atoms with E-state index in [-0.39, 0.29) is 10.8 Å². The summed E-state index contributed by atoms with van der Waals surface area (Å²) in [5.41, 5.74) is 4.79. The molecule has 0 aromatic carbocycles. The fourth-order valence-corrected chi connectivity index (χ4v) is 2.23. The zero-order valence-corrected chi connectivity index (χ0v) is 11.5. The molecule has 0 fully saturated rings. The Morgan fingerprint density at radius 1 is 1.00 bits per heavy atom. The SMILES string of the molecule is CC(C)(C)c1[nH]c2ccnnc2c1C(C)(C)C. The van der Waals surface area contributed by atoms with Crippen LogP contribution in [0, 0.1) is 0 Å². The van der Waals surface area contributed by atoms with Crippen LogP contribution in [-0.2, 0) is 10.8 Å². The summed E-state index contributed by atoms with van der Waals surface area (Å²) in [7, 11) is 0. The summed E-state index contributed by atoms with van der Waals surface area (Å²) in [5.74, 6) is 0. The van der Waals surface area contributed by atoms with Crippen molar-refractivity contribution in [3.63, 3.8) is 0 Å². The van der Waals surface area contributed by atoms with Crippen molar-refractivity contribution < 1.29 is 0 Å². The van der Waals surface area contributed by atoms with Gasteiger partial charge in [0.1, 0.15) is 5.52 Å². The van der Waals surface area contributed by atoms with Crippen molar-refractivity contribution in [3.05, 3.63) is 23.5 Å². The molecule has 2 rings (SSSR count). The lowest BCUT2D eigenvalue weighted by atomic mass is 9.79. The van der Waals surface area contributed by atoms with Crippen molar-refractivity contribution in [2.24, 2.45) is 0 Å². The molecule has 0 aliphatic heterocycles. The van der Waals surface area contributed by atoms with Crippen LogP contribution in [0.15, 0.2) is 12.3 Å². The van der Waals surface area contributed by atoms with E-state index < -0.39 is 0 Å². The molecule has 2 heterocycles. The zero-order chi connectivity index (χ0) is 12.8. The second-order valence-corrected chi connectivity index (χ2v) is 6.67. The van der Waals surface area contributed by atoms with Crippen LogP contribution >= 0.6 is 0 Å². The van der Waals surface area contributed by atoms with E-state index in [2.05, 4.69) is 56.7 Å².